The topological polar surface area (TPSA) is 38.0 Å². The van der Waals surface area contributed by atoms with Gasteiger partial charge in [-0.05, 0) is 37.1 Å². The molecule has 2 nitrogen and oxygen atoms in total. The summed E-state index contributed by atoms with van der Waals surface area (Å²) in [5.41, 5.74) is 4.71. The number of aryl methyl sites for hydroxylation is 1. The van der Waals surface area contributed by atoms with Gasteiger partial charge < -0.3 is 0 Å². The number of rotatable bonds is 6. The predicted octanol–water partition coefficient (Wildman–Crippen LogP) is 3.30. The minimum atomic E-state index is -0.173. The fourth-order valence-corrected chi connectivity index (χ4v) is 2.86. The number of halogens is 1. The molecule has 3 N–H and O–H groups in total. The summed E-state index contributed by atoms with van der Waals surface area (Å²) in [4.78, 5) is 1.20. The van der Waals surface area contributed by atoms with Crippen molar-refractivity contribution in [2.75, 3.05) is 5.75 Å². The summed E-state index contributed by atoms with van der Waals surface area (Å²) in [7, 11) is 0. The van der Waals surface area contributed by atoms with Crippen molar-refractivity contribution >= 4 is 11.8 Å². The first kappa shape index (κ1) is 15.0. The summed E-state index contributed by atoms with van der Waals surface area (Å²) in [5, 5.41) is 0. The Morgan fingerprint density at radius 1 is 1.15 bits per heavy atom. The lowest BCUT2D eigenvalue weighted by molar-refractivity contribution is 0.546. The van der Waals surface area contributed by atoms with Crippen molar-refractivity contribution in [3.8, 4) is 0 Å². The van der Waals surface area contributed by atoms with E-state index in [0.717, 1.165) is 5.75 Å². The largest absolute Gasteiger partial charge is 0.271 e. The number of hydrogen-bond donors (Lipinski definition) is 2. The molecule has 0 saturated heterocycles. The molecule has 0 aliphatic heterocycles. The second-order valence-corrected chi connectivity index (χ2v) is 5.88. The van der Waals surface area contributed by atoms with Crippen LogP contribution in [0.1, 0.15) is 11.1 Å². The molecule has 2 aromatic carbocycles. The molecule has 0 saturated carbocycles. The summed E-state index contributed by atoms with van der Waals surface area (Å²) < 4.78 is 13.6. The van der Waals surface area contributed by atoms with Gasteiger partial charge in [-0.2, -0.15) is 0 Å². The number of nitrogens with two attached hydrogens (primary N) is 1. The smallest absolute Gasteiger partial charge is 0.126 e. The predicted molar refractivity (Wildman–Crippen MR) is 83.1 cm³/mol. The highest BCUT2D eigenvalue weighted by molar-refractivity contribution is 7.99. The highest BCUT2D eigenvalue weighted by Gasteiger charge is 2.11. The van der Waals surface area contributed by atoms with Crippen molar-refractivity contribution in [2.24, 2.45) is 5.84 Å². The molecular weight excluding hydrogens is 271 g/mol. The molecule has 2 aromatic rings. The van der Waals surface area contributed by atoms with Gasteiger partial charge in [-0.15, -0.1) is 11.8 Å². The lowest BCUT2D eigenvalue weighted by Gasteiger charge is -2.16. The first-order valence-electron chi connectivity index (χ1n) is 6.58. The van der Waals surface area contributed by atoms with E-state index in [0.29, 0.717) is 12.0 Å². The van der Waals surface area contributed by atoms with Crippen LogP contribution < -0.4 is 11.3 Å². The van der Waals surface area contributed by atoms with Crippen LogP contribution in [0.4, 0.5) is 4.39 Å². The SMILES string of the molecule is Cc1ccc(SCC(Cc2ccccc2F)NN)cc1. The summed E-state index contributed by atoms with van der Waals surface area (Å²) in [6.07, 6.45) is 0.585. The van der Waals surface area contributed by atoms with Crippen molar-refractivity contribution in [3.63, 3.8) is 0 Å². The van der Waals surface area contributed by atoms with E-state index in [2.05, 4.69) is 36.6 Å². The third-order valence-electron chi connectivity index (χ3n) is 3.13. The van der Waals surface area contributed by atoms with E-state index >= 15 is 0 Å². The second kappa shape index (κ2) is 7.43. The fourth-order valence-electron chi connectivity index (χ4n) is 1.93. The van der Waals surface area contributed by atoms with Crippen molar-refractivity contribution in [3.05, 3.63) is 65.5 Å². The van der Waals surface area contributed by atoms with Crippen LogP contribution in [0.3, 0.4) is 0 Å². The highest BCUT2D eigenvalue weighted by Crippen LogP contribution is 2.20. The zero-order valence-corrected chi connectivity index (χ0v) is 12.3. The van der Waals surface area contributed by atoms with Crippen molar-refractivity contribution in [2.45, 2.75) is 24.3 Å². The molecule has 1 unspecified atom stereocenters. The van der Waals surface area contributed by atoms with Crippen molar-refractivity contribution in [1.29, 1.82) is 0 Å². The number of nitrogens with one attached hydrogen (secondary N) is 1. The lowest BCUT2D eigenvalue weighted by Crippen LogP contribution is -2.38. The number of benzene rings is 2. The maximum atomic E-state index is 13.6. The van der Waals surface area contributed by atoms with Gasteiger partial charge in [0.25, 0.3) is 0 Å². The van der Waals surface area contributed by atoms with Gasteiger partial charge in [0, 0.05) is 16.7 Å². The van der Waals surface area contributed by atoms with Crippen LogP contribution in [0.2, 0.25) is 0 Å². The van der Waals surface area contributed by atoms with Crippen LogP contribution in [0.15, 0.2) is 53.4 Å². The summed E-state index contributed by atoms with van der Waals surface area (Å²) in [6.45, 7) is 2.07. The van der Waals surface area contributed by atoms with Crippen LogP contribution in [-0.2, 0) is 6.42 Å². The standard InChI is InChI=1S/C16H19FN2S/c1-12-6-8-15(9-7-12)20-11-14(19-18)10-13-4-2-3-5-16(13)17/h2-9,14,19H,10-11,18H2,1H3. The van der Waals surface area contributed by atoms with E-state index < -0.39 is 0 Å². The Hall–Kier alpha value is -1.36. The van der Waals surface area contributed by atoms with Gasteiger partial charge in [0.2, 0.25) is 0 Å². The molecule has 0 aromatic heterocycles. The summed E-state index contributed by atoms with van der Waals surface area (Å²) in [5.74, 6) is 6.20. The van der Waals surface area contributed by atoms with Gasteiger partial charge in [-0.3, -0.25) is 11.3 Å². The van der Waals surface area contributed by atoms with Gasteiger partial charge in [0.1, 0.15) is 5.82 Å². The molecule has 0 amide bonds. The number of hydrazine groups is 1. The molecular formula is C16H19FN2S. The fraction of sp³-hybridized carbons (Fsp3) is 0.250. The lowest BCUT2D eigenvalue weighted by atomic mass is 10.1. The van der Waals surface area contributed by atoms with Crippen LogP contribution in [0.25, 0.3) is 0 Å². The summed E-state index contributed by atoms with van der Waals surface area (Å²) >= 11 is 1.72. The quantitative estimate of drug-likeness (QED) is 0.487. The van der Waals surface area contributed by atoms with Gasteiger partial charge in [-0.25, -0.2) is 4.39 Å². The maximum absolute atomic E-state index is 13.6. The minimum absolute atomic E-state index is 0.0400. The monoisotopic (exact) mass is 290 g/mol. The van der Waals surface area contributed by atoms with E-state index in [1.807, 2.05) is 6.07 Å². The molecule has 0 aliphatic rings. The molecule has 1 atom stereocenters. The molecule has 4 heteroatoms. The highest BCUT2D eigenvalue weighted by atomic mass is 32.2. The summed E-state index contributed by atoms with van der Waals surface area (Å²) in [6, 6.07) is 15.2. The van der Waals surface area contributed by atoms with E-state index in [9.17, 15) is 4.39 Å². The zero-order chi connectivity index (χ0) is 14.4. The first-order valence-corrected chi connectivity index (χ1v) is 7.56. The molecule has 0 aliphatic carbocycles. The van der Waals surface area contributed by atoms with Gasteiger partial charge in [0.05, 0.1) is 0 Å². The van der Waals surface area contributed by atoms with Crippen LogP contribution >= 0.6 is 11.8 Å². The Kier molecular flexibility index (Phi) is 5.59. The van der Waals surface area contributed by atoms with Crippen LogP contribution in [0.5, 0.6) is 0 Å². The Bertz CT molecular complexity index is 542. The number of thioether (sulfide) groups is 1. The Labute approximate surface area is 123 Å². The van der Waals surface area contributed by atoms with Gasteiger partial charge >= 0.3 is 0 Å². The van der Waals surface area contributed by atoms with E-state index in [1.165, 1.54) is 16.5 Å². The van der Waals surface area contributed by atoms with Crippen LogP contribution in [-0.4, -0.2) is 11.8 Å². The molecule has 0 radical (unpaired) electrons. The van der Waals surface area contributed by atoms with E-state index in [4.69, 9.17) is 5.84 Å². The van der Waals surface area contributed by atoms with Crippen molar-refractivity contribution < 1.29 is 4.39 Å². The van der Waals surface area contributed by atoms with E-state index in [-0.39, 0.29) is 11.9 Å². The van der Waals surface area contributed by atoms with Gasteiger partial charge in [-0.1, -0.05) is 35.9 Å². The minimum Gasteiger partial charge on any atom is -0.271 e. The molecule has 20 heavy (non-hydrogen) atoms. The molecule has 2 rings (SSSR count). The second-order valence-electron chi connectivity index (χ2n) is 4.78. The third-order valence-corrected chi connectivity index (χ3v) is 4.31. The first-order chi connectivity index (χ1) is 9.69. The average Bonchev–Trinajstić information content (AvgIpc) is 2.47. The average molecular weight is 290 g/mol. The number of hydrogen-bond acceptors (Lipinski definition) is 3. The molecule has 0 bridgehead atoms. The maximum Gasteiger partial charge on any atom is 0.126 e. The molecule has 0 heterocycles. The van der Waals surface area contributed by atoms with E-state index in [1.54, 1.807) is 23.9 Å². The molecule has 106 valence electrons. The van der Waals surface area contributed by atoms with Gasteiger partial charge in [0.15, 0.2) is 0 Å². The Morgan fingerprint density at radius 3 is 2.50 bits per heavy atom. The zero-order valence-electron chi connectivity index (χ0n) is 11.5. The Morgan fingerprint density at radius 2 is 1.85 bits per heavy atom. The normalized spacial score (nSPS) is 12.3. The van der Waals surface area contributed by atoms with Crippen molar-refractivity contribution in [1.82, 2.24) is 5.43 Å². The third kappa shape index (κ3) is 4.34. The Balaban J connectivity index is 1.92. The molecule has 0 fully saturated rings. The van der Waals surface area contributed by atoms with Crippen LogP contribution in [0, 0.1) is 12.7 Å². The molecule has 0 spiro atoms.